The predicted octanol–water partition coefficient (Wildman–Crippen LogP) is 3.52. The van der Waals surface area contributed by atoms with Crippen LogP contribution in [0.3, 0.4) is 0 Å². The summed E-state index contributed by atoms with van der Waals surface area (Å²) in [4.78, 5) is 16.2. The van der Waals surface area contributed by atoms with Crippen molar-refractivity contribution in [2.75, 3.05) is 13.1 Å². The number of amides is 1. The van der Waals surface area contributed by atoms with Gasteiger partial charge >= 0.3 is 0 Å². The highest BCUT2D eigenvalue weighted by atomic mass is 35.5. The molecule has 134 valence electrons. The van der Waals surface area contributed by atoms with Gasteiger partial charge in [-0.1, -0.05) is 29.3 Å². The largest absolute Gasteiger partial charge is 0.357 e. The Hall–Kier alpha value is -1.46. The second-order valence-corrected chi connectivity index (χ2v) is 7.37. The lowest BCUT2D eigenvalue weighted by atomic mass is 10.1. The second-order valence-electron chi connectivity index (χ2n) is 6.53. The minimum absolute atomic E-state index is 0.0493. The fourth-order valence-electron chi connectivity index (χ4n) is 2.06. The van der Waals surface area contributed by atoms with Crippen molar-refractivity contribution < 1.29 is 4.79 Å². The highest BCUT2D eigenvalue weighted by molar-refractivity contribution is 6.35. The van der Waals surface area contributed by atoms with Gasteiger partial charge in [0, 0.05) is 22.1 Å². The van der Waals surface area contributed by atoms with Crippen LogP contribution in [0.15, 0.2) is 23.2 Å². The first-order chi connectivity index (χ1) is 11.1. The van der Waals surface area contributed by atoms with Crippen LogP contribution in [0.1, 0.15) is 46.2 Å². The van der Waals surface area contributed by atoms with E-state index < -0.39 is 0 Å². The van der Waals surface area contributed by atoms with E-state index in [0.717, 1.165) is 5.56 Å². The quantitative estimate of drug-likeness (QED) is 0.547. The molecule has 24 heavy (non-hydrogen) atoms. The van der Waals surface area contributed by atoms with Gasteiger partial charge in [0.15, 0.2) is 5.96 Å². The topological polar surface area (TPSA) is 65.5 Å². The lowest BCUT2D eigenvalue weighted by molar-refractivity contribution is -0.121. The number of halogens is 2. The van der Waals surface area contributed by atoms with Crippen molar-refractivity contribution in [3.8, 4) is 0 Å². The van der Waals surface area contributed by atoms with Crippen molar-refractivity contribution >= 4 is 35.1 Å². The van der Waals surface area contributed by atoms with Gasteiger partial charge in [-0.25, -0.2) is 4.99 Å². The van der Waals surface area contributed by atoms with E-state index in [1.807, 2.05) is 40.7 Å². The molecule has 1 amide bonds. The summed E-state index contributed by atoms with van der Waals surface area (Å²) in [6, 6.07) is 5.29. The van der Waals surface area contributed by atoms with E-state index in [4.69, 9.17) is 23.2 Å². The third kappa shape index (κ3) is 7.41. The molecular weight excluding hydrogens is 347 g/mol. The molecule has 0 heterocycles. The highest BCUT2D eigenvalue weighted by Crippen LogP contribution is 2.25. The van der Waals surface area contributed by atoms with Crippen LogP contribution >= 0.6 is 23.2 Å². The maximum absolute atomic E-state index is 11.9. The third-order valence-corrected chi connectivity index (χ3v) is 3.58. The Morgan fingerprint density at radius 1 is 1.29 bits per heavy atom. The van der Waals surface area contributed by atoms with E-state index in [1.165, 1.54) is 0 Å². The predicted molar refractivity (Wildman–Crippen MR) is 102 cm³/mol. The van der Waals surface area contributed by atoms with Crippen molar-refractivity contribution in [3.63, 3.8) is 0 Å². The Kier molecular flexibility index (Phi) is 7.84. The molecule has 1 atom stereocenters. The van der Waals surface area contributed by atoms with Crippen molar-refractivity contribution in [3.05, 3.63) is 33.8 Å². The number of aliphatic imine (C=N–C) groups is 1. The van der Waals surface area contributed by atoms with Gasteiger partial charge < -0.3 is 16.0 Å². The second kappa shape index (κ2) is 9.14. The molecule has 1 rings (SSSR count). The maximum Gasteiger partial charge on any atom is 0.242 e. The summed E-state index contributed by atoms with van der Waals surface area (Å²) in [6.07, 6.45) is 0. The molecule has 7 heteroatoms. The molecule has 0 fully saturated rings. The number of rotatable bonds is 5. The van der Waals surface area contributed by atoms with Crippen LogP contribution in [0.25, 0.3) is 0 Å². The Morgan fingerprint density at radius 2 is 1.96 bits per heavy atom. The van der Waals surface area contributed by atoms with Gasteiger partial charge in [0.05, 0.1) is 6.04 Å². The number of carbonyl (C=O) groups excluding carboxylic acids is 1. The molecule has 1 aromatic carbocycles. The van der Waals surface area contributed by atoms with Gasteiger partial charge in [0.2, 0.25) is 5.91 Å². The molecule has 0 saturated heterocycles. The molecular formula is C17H26Cl2N4O. The van der Waals surface area contributed by atoms with Crippen molar-refractivity contribution in [1.82, 2.24) is 16.0 Å². The van der Waals surface area contributed by atoms with Crippen LogP contribution < -0.4 is 16.0 Å². The minimum atomic E-state index is -0.275. The number of nitrogens with one attached hydrogen (secondary N) is 3. The van der Waals surface area contributed by atoms with Gasteiger partial charge in [-0.15, -0.1) is 0 Å². The molecule has 1 unspecified atom stereocenters. The molecule has 5 nitrogen and oxygen atoms in total. The molecule has 1 aromatic rings. The van der Waals surface area contributed by atoms with Crippen LogP contribution in [0.4, 0.5) is 0 Å². The third-order valence-electron chi connectivity index (χ3n) is 3.02. The van der Waals surface area contributed by atoms with E-state index in [0.29, 0.717) is 22.5 Å². The van der Waals surface area contributed by atoms with E-state index in [-0.39, 0.29) is 24.0 Å². The lowest BCUT2D eigenvalue weighted by Crippen LogP contribution is -2.43. The number of hydrogen-bond donors (Lipinski definition) is 3. The first kappa shape index (κ1) is 20.6. The monoisotopic (exact) mass is 372 g/mol. The number of guanidine groups is 1. The summed E-state index contributed by atoms with van der Waals surface area (Å²) in [5.41, 5.74) is 0.633. The maximum atomic E-state index is 11.9. The number of nitrogens with zero attached hydrogens (tertiary/aromatic N) is 1. The molecule has 0 spiro atoms. The summed E-state index contributed by atoms with van der Waals surface area (Å²) < 4.78 is 0. The molecule has 3 N–H and O–H groups in total. The molecule has 0 bridgehead atoms. The van der Waals surface area contributed by atoms with E-state index in [1.54, 1.807) is 12.1 Å². The molecule has 0 aliphatic rings. The van der Waals surface area contributed by atoms with E-state index >= 15 is 0 Å². The Bertz CT molecular complexity index is 597. The van der Waals surface area contributed by atoms with Crippen LogP contribution in [0.5, 0.6) is 0 Å². The normalized spacial score (nSPS) is 13.4. The van der Waals surface area contributed by atoms with Gasteiger partial charge in [0.1, 0.15) is 6.54 Å². The first-order valence-electron chi connectivity index (χ1n) is 7.93. The Morgan fingerprint density at radius 3 is 2.50 bits per heavy atom. The Balaban J connectivity index is 2.77. The number of benzene rings is 1. The van der Waals surface area contributed by atoms with Gasteiger partial charge in [-0.3, -0.25) is 4.79 Å². The fraction of sp³-hybridized carbons (Fsp3) is 0.529. The van der Waals surface area contributed by atoms with E-state index in [2.05, 4.69) is 20.9 Å². The highest BCUT2D eigenvalue weighted by Gasteiger charge is 2.15. The molecule has 0 aromatic heterocycles. The standard InChI is InChI=1S/C17H26Cl2N4O/c1-6-20-16(21-10-15(24)23-17(3,4)5)22-11(2)13-8-7-12(18)9-14(13)19/h7-9,11H,6,10H2,1-5H3,(H,23,24)(H2,20,21,22). The molecule has 0 aliphatic heterocycles. The first-order valence-corrected chi connectivity index (χ1v) is 8.68. The smallest absolute Gasteiger partial charge is 0.242 e. The van der Waals surface area contributed by atoms with E-state index in [9.17, 15) is 4.79 Å². The zero-order chi connectivity index (χ0) is 18.3. The van der Waals surface area contributed by atoms with Crippen molar-refractivity contribution in [2.24, 2.45) is 4.99 Å². The van der Waals surface area contributed by atoms with Crippen LogP contribution in [0.2, 0.25) is 10.0 Å². The zero-order valence-electron chi connectivity index (χ0n) is 14.8. The van der Waals surface area contributed by atoms with Crippen LogP contribution in [0, 0.1) is 0 Å². The minimum Gasteiger partial charge on any atom is -0.357 e. The van der Waals surface area contributed by atoms with Gasteiger partial charge in [-0.05, 0) is 52.3 Å². The summed E-state index contributed by atoms with van der Waals surface area (Å²) >= 11 is 12.2. The van der Waals surface area contributed by atoms with Crippen LogP contribution in [-0.4, -0.2) is 30.5 Å². The van der Waals surface area contributed by atoms with Crippen molar-refractivity contribution in [1.29, 1.82) is 0 Å². The molecule has 0 radical (unpaired) electrons. The van der Waals surface area contributed by atoms with Gasteiger partial charge in [-0.2, -0.15) is 0 Å². The average Bonchev–Trinajstić information content (AvgIpc) is 2.43. The fourth-order valence-corrected chi connectivity index (χ4v) is 2.64. The summed E-state index contributed by atoms with van der Waals surface area (Å²) in [7, 11) is 0. The number of hydrogen-bond acceptors (Lipinski definition) is 2. The summed E-state index contributed by atoms with van der Waals surface area (Å²) in [6.45, 7) is 10.5. The molecule has 0 aliphatic carbocycles. The molecule has 0 saturated carbocycles. The zero-order valence-corrected chi connectivity index (χ0v) is 16.3. The van der Waals surface area contributed by atoms with Crippen molar-refractivity contribution in [2.45, 2.75) is 46.2 Å². The average molecular weight is 373 g/mol. The number of carbonyl (C=O) groups is 1. The Labute approximate surface area is 154 Å². The summed E-state index contributed by atoms with van der Waals surface area (Å²) in [5.74, 6) is 0.428. The van der Waals surface area contributed by atoms with Gasteiger partial charge in [0.25, 0.3) is 0 Å². The lowest BCUT2D eigenvalue weighted by Gasteiger charge is -2.21. The summed E-state index contributed by atoms with van der Waals surface area (Å²) in [5, 5.41) is 10.4. The SMILES string of the molecule is CCNC(=NCC(=O)NC(C)(C)C)NC(C)c1ccc(Cl)cc1Cl. The van der Waals surface area contributed by atoms with Crippen LogP contribution in [-0.2, 0) is 4.79 Å².